The summed E-state index contributed by atoms with van der Waals surface area (Å²) in [6, 6.07) is 4.49. The molecule has 2 aliphatic heterocycles. The zero-order chi connectivity index (χ0) is 22.5. The molecule has 0 spiro atoms. The first-order valence-electron chi connectivity index (χ1n) is 12.4. The van der Waals surface area contributed by atoms with Gasteiger partial charge in [-0.25, -0.2) is 19.9 Å². The number of nitrogens with one attached hydrogen (secondary N) is 1. The third-order valence-corrected chi connectivity index (χ3v) is 6.88. The Kier molecular flexibility index (Phi) is 6.83. The Morgan fingerprint density at radius 2 is 1.79 bits per heavy atom. The van der Waals surface area contributed by atoms with Crippen LogP contribution in [0.3, 0.4) is 0 Å². The largest absolute Gasteiger partial charge is 0.367 e. The van der Waals surface area contributed by atoms with E-state index in [9.17, 15) is 4.79 Å². The third kappa shape index (κ3) is 5.89. The van der Waals surface area contributed by atoms with Crippen LogP contribution in [0, 0.1) is 5.92 Å². The Labute approximate surface area is 195 Å². The van der Waals surface area contributed by atoms with Crippen molar-refractivity contribution >= 4 is 23.5 Å². The molecule has 1 unspecified atom stereocenters. The third-order valence-electron chi connectivity index (χ3n) is 6.88. The summed E-state index contributed by atoms with van der Waals surface area (Å²) in [6.45, 7) is 5.22. The van der Waals surface area contributed by atoms with Gasteiger partial charge in [0.2, 0.25) is 11.9 Å². The smallest absolute Gasteiger partial charge is 0.225 e. The molecule has 1 amide bonds. The molecule has 2 aromatic rings. The van der Waals surface area contributed by atoms with E-state index in [0.717, 1.165) is 76.1 Å². The standard InChI is InChI=1S/C24H34N8O/c33-23(30-12-3-13-31(15-14-30)24-25-9-2-10-26-24)8-5-19-4-1-11-32(17-19)22-16-21(27-18-28-22)29-20-6-7-20/h2,9-10,16,18-20H,1,3-8,11-15,17H2,(H,27,28,29). The van der Waals surface area contributed by atoms with E-state index in [1.54, 1.807) is 18.7 Å². The van der Waals surface area contributed by atoms with Gasteiger partial charge in [0.15, 0.2) is 0 Å². The molecular weight excluding hydrogens is 416 g/mol. The zero-order valence-electron chi connectivity index (χ0n) is 19.3. The van der Waals surface area contributed by atoms with Gasteiger partial charge in [0.1, 0.15) is 18.0 Å². The summed E-state index contributed by atoms with van der Waals surface area (Å²) in [7, 11) is 0. The monoisotopic (exact) mass is 450 g/mol. The molecule has 9 heteroatoms. The van der Waals surface area contributed by atoms with Gasteiger partial charge in [-0.2, -0.15) is 0 Å². The average Bonchev–Trinajstić information content (AvgIpc) is 3.70. The Morgan fingerprint density at radius 1 is 0.939 bits per heavy atom. The first kappa shape index (κ1) is 21.9. The van der Waals surface area contributed by atoms with E-state index in [0.29, 0.717) is 18.4 Å². The molecule has 3 fully saturated rings. The highest BCUT2D eigenvalue weighted by Crippen LogP contribution is 2.28. The number of piperidine rings is 1. The van der Waals surface area contributed by atoms with Crippen molar-refractivity contribution in [3.05, 3.63) is 30.9 Å². The van der Waals surface area contributed by atoms with Crippen LogP contribution in [0.1, 0.15) is 44.9 Å². The van der Waals surface area contributed by atoms with Crippen molar-refractivity contribution in [1.29, 1.82) is 0 Å². The molecular formula is C24H34N8O. The van der Waals surface area contributed by atoms with E-state index >= 15 is 0 Å². The van der Waals surface area contributed by atoms with Crippen molar-refractivity contribution in [1.82, 2.24) is 24.8 Å². The van der Waals surface area contributed by atoms with Crippen LogP contribution in [0.2, 0.25) is 0 Å². The minimum Gasteiger partial charge on any atom is -0.367 e. The molecule has 0 aromatic carbocycles. The maximum atomic E-state index is 13.0. The molecule has 0 bridgehead atoms. The second kappa shape index (κ2) is 10.3. The van der Waals surface area contributed by atoms with Crippen LogP contribution in [0.5, 0.6) is 0 Å². The maximum absolute atomic E-state index is 13.0. The van der Waals surface area contributed by atoms with Crippen molar-refractivity contribution in [3.63, 3.8) is 0 Å². The number of carbonyl (C=O) groups excluding carboxylic acids is 1. The molecule has 2 aromatic heterocycles. The molecule has 1 aliphatic carbocycles. The van der Waals surface area contributed by atoms with Crippen LogP contribution in [0.15, 0.2) is 30.9 Å². The lowest BCUT2D eigenvalue weighted by Gasteiger charge is -2.34. The number of amides is 1. The number of hydrogen-bond acceptors (Lipinski definition) is 8. The van der Waals surface area contributed by atoms with E-state index in [1.807, 2.05) is 11.0 Å². The van der Waals surface area contributed by atoms with Gasteiger partial charge >= 0.3 is 0 Å². The van der Waals surface area contributed by atoms with E-state index in [2.05, 4.69) is 41.1 Å². The summed E-state index contributed by atoms with van der Waals surface area (Å²) in [5.41, 5.74) is 0. The van der Waals surface area contributed by atoms with Gasteiger partial charge < -0.3 is 20.0 Å². The van der Waals surface area contributed by atoms with Gasteiger partial charge in [0.05, 0.1) is 0 Å². The number of anilines is 3. The van der Waals surface area contributed by atoms with E-state index in [4.69, 9.17) is 0 Å². The van der Waals surface area contributed by atoms with Crippen molar-refractivity contribution in [2.24, 2.45) is 5.92 Å². The summed E-state index contributed by atoms with van der Waals surface area (Å²) in [4.78, 5) is 37.2. The van der Waals surface area contributed by atoms with Crippen molar-refractivity contribution in [2.75, 3.05) is 54.4 Å². The van der Waals surface area contributed by atoms with Gasteiger partial charge in [-0.1, -0.05) is 0 Å². The fourth-order valence-electron chi connectivity index (χ4n) is 4.85. The van der Waals surface area contributed by atoms with Crippen LogP contribution < -0.4 is 15.1 Å². The van der Waals surface area contributed by atoms with Crippen molar-refractivity contribution < 1.29 is 4.79 Å². The average molecular weight is 451 g/mol. The van der Waals surface area contributed by atoms with Gasteiger partial charge in [-0.3, -0.25) is 4.79 Å². The lowest BCUT2D eigenvalue weighted by atomic mass is 9.93. The number of carbonyl (C=O) groups is 1. The van der Waals surface area contributed by atoms with Gasteiger partial charge in [0, 0.05) is 70.2 Å². The number of hydrogen-bond donors (Lipinski definition) is 1. The topological polar surface area (TPSA) is 90.4 Å². The summed E-state index contributed by atoms with van der Waals surface area (Å²) >= 11 is 0. The predicted octanol–water partition coefficient (Wildman–Crippen LogP) is 2.58. The highest BCUT2D eigenvalue weighted by molar-refractivity contribution is 5.76. The molecule has 3 aliphatic rings. The summed E-state index contributed by atoms with van der Waals surface area (Å²) < 4.78 is 0. The van der Waals surface area contributed by atoms with E-state index in [1.165, 1.54) is 19.3 Å². The van der Waals surface area contributed by atoms with Gasteiger partial charge in [-0.15, -0.1) is 0 Å². The molecule has 4 heterocycles. The second-order valence-electron chi connectivity index (χ2n) is 9.44. The summed E-state index contributed by atoms with van der Waals surface area (Å²) in [6.07, 6.45) is 12.5. The first-order valence-corrected chi connectivity index (χ1v) is 12.4. The zero-order valence-corrected chi connectivity index (χ0v) is 19.3. The molecule has 1 atom stereocenters. The lowest BCUT2D eigenvalue weighted by Crippen LogP contribution is -2.38. The lowest BCUT2D eigenvalue weighted by molar-refractivity contribution is -0.131. The number of rotatable bonds is 7. The number of aromatic nitrogens is 4. The highest BCUT2D eigenvalue weighted by atomic mass is 16.2. The predicted molar refractivity (Wildman–Crippen MR) is 128 cm³/mol. The van der Waals surface area contributed by atoms with Gasteiger partial charge in [0.25, 0.3) is 0 Å². The van der Waals surface area contributed by atoms with E-state index < -0.39 is 0 Å². The van der Waals surface area contributed by atoms with Crippen LogP contribution in [-0.4, -0.2) is 76.1 Å². The quantitative estimate of drug-likeness (QED) is 0.688. The van der Waals surface area contributed by atoms with Crippen LogP contribution in [-0.2, 0) is 4.79 Å². The first-order chi connectivity index (χ1) is 16.2. The van der Waals surface area contributed by atoms with E-state index in [-0.39, 0.29) is 5.91 Å². The molecule has 1 saturated carbocycles. The molecule has 176 valence electrons. The normalized spacial score (nSPS) is 21.6. The Balaban J connectivity index is 1.10. The van der Waals surface area contributed by atoms with Crippen LogP contribution in [0.4, 0.5) is 17.6 Å². The number of nitrogens with zero attached hydrogens (tertiary/aromatic N) is 7. The highest BCUT2D eigenvalue weighted by Gasteiger charge is 2.25. The molecule has 33 heavy (non-hydrogen) atoms. The molecule has 0 radical (unpaired) electrons. The molecule has 1 N–H and O–H groups in total. The fraction of sp³-hybridized carbons (Fsp3) is 0.625. The Bertz CT molecular complexity index is 922. The molecule has 2 saturated heterocycles. The fourth-order valence-corrected chi connectivity index (χ4v) is 4.85. The Morgan fingerprint density at radius 3 is 2.64 bits per heavy atom. The maximum Gasteiger partial charge on any atom is 0.225 e. The minimum atomic E-state index is 0.279. The molecule has 9 nitrogen and oxygen atoms in total. The Hall–Kier alpha value is -2.97. The van der Waals surface area contributed by atoms with Crippen molar-refractivity contribution in [3.8, 4) is 0 Å². The van der Waals surface area contributed by atoms with Crippen LogP contribution >= 0.6 is 0 Å². The van der Waals surface area contributed by atoms with Crippen LogP contribution in [0.25, 0.3) is 0 Å². The summed E-state index contributed by atoms with van der Waals surface area (Å²) in [5.74, 6) is 3.49. The molecule has 5 rings (SSSR count). The van der Waals surface area contributed by atoms with Crippen molar-refractivity contribution in [2.45, 2.75) is 51.0 Å². The SMILES string of the molecule is O=C(CCC1CCCN(c2cc(NC3CC3)ncn2)C1)N1CCCN(c2ncccn2)CC1. The minimum absolute atomic E-state index is 0.279. The second-order valence-corrected chi connectivity index (χ2v) is 9.44. The summed E-state index contributed by atoms with van der Waals surface area (Å²) in [5, 5.41) is 3.46. The van der Waals surface area contributed by atoms with Gasteiger partial charge in [-0.05, 0) is 50.5 Å².